The summed E-state index contributed by atoms with van der Waals surface area (Å²) in [5, 5.41) is 0. The summed E-state index contributed by atoms with van der Waals surface area (Å²) in [6, 6.07) is 6.56. The zero-order chi connectivity index (χ0) is 12.8. The number of H-pyrrole nitrogens is 1. The molecule has 0 aliphatic heterocycles. The van der Waals surface area contributed by atoms with Gasteiger partial charge in [-0.3, -0.25) is 4.79 Å². The first-order chi connectivity index (χ1) is 8.81. The Morgan fingerprint density at radius 1 is 1.44 bits per heavy atom. The quantitative estimate of drug-likeness (QED) is 0.796. The monoisotopic (exact) mass is 248 g/mol. The standard InChI is InChI=1S/C13H13FN2O2/c14-12-4-2-1-3-10(12)5-11(7-18-9-17)13-6-15-8-16-13/h1-4,6,8-9,11H,5,7H2,(H,15,16). The van der Waals surface area contributed by atoms with Gasteiger partial charge in [0.15, 0.2) is 0 Å². The number of nitrogens with one attached hydrogen (secondary N) is 1. The summed E-state index contributed by atoms with van der Waals surface area (Å²) in [6.45, 7) is 0.588. The molecule has 1 unspecified atom stereocenters. The molecule has 1 N–H and O–H groups in total. The van der Waals surface area contributed by atoms with Crippen LogP contribution in [0.2, 0.25) is 0 Å². The van der Waals surface area contributed by atoms with E-state index in [0.29, 0.717) is 18.5 Å². The number of imidazole rings is 1. The molecular weight excluding hydrogens is 235 g/mol. The summed E-state index contributed by atoms with van der Waals surface area (Å²) in [7, 11) is 0. The van der Waals surface area contributed by atoms with E-state index in [0.717, 1.165) is 5.69 Å². The van der Waals surface area contributed by atoms with Gasteiger partial charge in [0.05, 0.1) is 12.9 Å². The van der Waals surface area contributed by atoms with Gasteiger partial charge in [0.2, 0.25) is 0 Å². The Labute approximate surface area is 104 Å². The van der Waals surface area contributed by atoms with Crippen molar-refractivity contribution in [2.75, 3.05) is 6.61 Å². The van der Waals surface area contributed by atoms with Crippen LogP contribution in [-0.2, 0) is 16.0 Å². The van der Waals surface area contributed by atoms with Crippen LogP contribution in [0.15, 0.2) is 36.8 Å². The summed E-state index contributed by atoms with van der Waals surface area (Å²) < 4.78 is 18.4. The van der Waals surface area contributed by atoms with Crippen molar-refractivity contribution >= 4 is 6.47 Å². The summed E-state index contributed by atoms with van der Waals surface area (Å²) in [5.41, 5.74) is 1.41. The second-order valence-electron chi connectivity index (χ2n) is 3.93. The zero-order valence-electron chi connectivity index (χ0n) is 9.67. The number of hydrogen-bond acceptors (Lipinski definition) is 3. The van der Waals surface area contributed by atoms with Crippen molar-refractivity contribution in [1.29, 1.82) is 0 Å². The molecule has 18 heavy (non-hydrogen) atoms. The maximum Gasteiger partial charge on any atom is 0.293 e. The van der Waals surface area contributed by atoms with Gasteiger partial charge in [-0.2, -0.15) is 0 Å². The lowest BCUT2D eigenvalue weighted by Crippen LogP contribution is -2.12. The molecule has 0 amide bonds. The van der Waals surface area contributed by atoms with Gasteiger partial charge < -0.3 is 9.72 Å². The molecule has 1 aromatic carbocycles. The van der Waals surface area contributed by atoms with Gasteiger partial charge in [0.1, 0.15) is 5.82 Å². The number of nitrogens with zero attached hydrogens (tertiary/aromatic N) is 1. The molecule has 0 aliphatic carbocycles. The van der Waals surface area contributed by atoms with Crippen LogP contribution in [0.25, 0.3) is 0 Å². The molecule has 4 nitrogen and oxygen atoms in total. The van der Waals surface area contributed by atoms with Crippen LogP contribution in [0.5, 0.6) is 0 Å². The Kier molecular flexibility index (Phi) is 4.06. The van der Waals surface area contributed by atoms with Gasteiger partial charge in [0.25, 0.3) is 6.47 Å². The van der Waals surface area contributed by atoms with Crippen LogP contribution in [0.1, 0.15) is 17.2 Å². The molecule has 1 atom stereocenters. The normalized spacial score (nSPS) is 12.1. The fraction of sp³-hybridized carbons (Fsp3) is 0.231. The van der Waals surface area contributed by atoms with Gasteiger partial charge in [-0.25, -0.2) is 9.37 Å². The van der Waals surface area contributed by atoms with Gasteiger partial charge in [-0.05, 0) is 18.1 Å². The Balaban J connectivity index is 2.15. The number of benzene rings is 1. The number of rotatable bonds is 6. The minimum absolute atomic E-state index is 0.130. The lowest BCUT2D eigenvalue weighted by atomic mass is 9.97. The zero-order valence-corrected chi connectivity index (χ0v) is 9.67. The van der Waals surface area contributed by atoms with E-state index in [1.165, 1.54) is 6.07 Å². The van der Waals surface area contributed by atoms with Crippen molar-refractivity contribution in [2.45, 2.75) is 12.3 Å². The van der Waals surface area contributed by atoms with E-state index in [-0.39, 0.29) is 18.3 Å². The number of ether oxygens (including phenoxy) is 1. The van der Waals surface area contributed by atoms with E-state index >= 15 is 0 Å². The van der Waals surface area contributed by atoms with E-state index in [2.05, 4.69) is 9.97 Å². The van der Waals surface area contributed by atoms with Gasteiger partial charge >= 0.3 is 0 Å². The Bertz CT molecular complexity index is 499. The number of aromatic nitrogens is 2. The molecule has 0 spiro atoms. The highest BCUT2D eigenvalue weighted by molar-refractivity contribution is 5.37. The fourth-order valence-electron chi connectivity index (χ4n) is 1.83. The molecule has 2 aromatic rings. The van der Waals surface area contributed by atoms with E-state index in [1.54, 1.807) is 30.7 Å². The first-order valence-corrected chi connectivity index (χ1v) is 5.58. The summed E-state index contributed by atoms with van der Waals surface area (Å²) in [5.74, 6) is -0.386. The van der Waals surface area contributed by atoms with Crippen molar-refractivity contribution < 1.29 is 13.9 Å². The fourth-order valence-corrected chi connectivity index (χ4v) is 1.83. The number of carbonyl (C=O) groups is 1. The van der Waals surface area contributed by atoms with E-state index in [9.17, 15) is 9.18 Å². The molecule has 2 rings (SSSR count). The van der Waals surface area contributed by atoms with Crippen molar-refractivity contribution in [3.63, 3.8) is 0 Å². The number of aromatic amines is 1. The maximum absolute atomic E-state index is 13.6. The molecule has 0 fully saturated rings. The molecule has 1 heterocycles. The average Bonchev–Trinajstić information content (AvgIpc) is 2.90. The minimum atomic E-state index is -0.256. The van der Waals surface area contributed by atoms with Crippen LogP contribution >= 0.6 is 0 Å². The summed E-state index contributed by atoms with van der Waals surface area (Å²) >= 11 is 0. The first kappa shape index (κ1) is 12.3. The second kappa shape index (κ2) is 5.95. The molecule has 0 saturated heterocycles. The summed E-state index contributed by atoms with van der Waals surface area (Å²) in [6.07, 6.45) is 3.65. The van der Waals surface area contributed by atoms with Crippen molar-refractivity contribution in [1.82, 2.24) is 9.97 Å². The predicted molar refractivity (Wildman–Crippen MR) is 63.4 cm³/mol. The average molecular weight is 248 g/mol. The SMILES string of the molecule is O=COCC(Cc1ccccc1F)c1cnc[nH]1. The van der Waals surface area contributed by atoms with Crippen LogP contribution < -0.4 is 0 Å². The van der Waals surface area contributed by atoms with Gasteiger partial charge in [-0.1, -0.05) is 18.2 Å². The Morgan fingerprint density at radius 3 is 2.94 bits per heavy atom. The maximum atomic E-state index is 13.6. The largest absolute Gasteiger partial charge is 0.467 e. The third-order valence-corrected chi connectivity index (χ3v) is 2.75. The second-order valence-corrected chi connectivity index (χ2v) is 3.93. The molecular formula is C13H13FN2O2. The van der Waals surface area contributed by atoms with Crippen LogP contribution in [0, 0.1) is 5.82 Å². The minimum Gasteiger partial charge on any atom is -0.467 e. The third-order valence-electron chi connectivity index (χ3n) is 2.75. The topological polar surface area (TPSA) is 55.0 Å². The lowest BCUT2D eigenvalue weighted by Gasteiger charge is -2.14. The molecule has 5 heteroatoms. The number of halogens is 1. The number of carbonyl (C=O) groups excluding carboxylic acids is 1. The highest BCUT2D eigenvalue weighted by Crippen LogP contribution is 2.20. The molecule has 0 aliphatic rings. The van der Waals surface area contributed by atoms with E-state index in [1.807, 2.05) is 0 Å². The van der Waals surface area contributed by atoms with Crippen molar-refractivity contribution in [3.05, 3.63) is 53.9 Å². The lowest BCUT2D eigenvalue weighted by molar-refractivity contribution is -0.129. The molecule has 1 aromatic heterocycles. The van der Waals surface area contributed by atoms with Crippen molar-refractivity contribution in [2.24, 2.45) is 0 Å². The van der Waals surface area contributed by atoms with E-state index in [4.69, 9.17) is 4.74 Å². The summed E-state index contributed by atoms with van der Waals surface area (Å²) in [4.78, 5) is 17.2. The van der Waals surface area contributed by atoms with E-state index < -0.39 is 0 Å². The highest BCUT2D eigenvalue weighted by Gasteiger charge is 2.16. The third kappa shape index (κ3) is 2.94. The molecule has 94 valence electrons. The Morgan fingerprint density at radius 2 is 2.28 bits per heavy atom. The number of hydrogen-bond donors (Lipinski definition) is 1. The van der Waals surface area contributed by atoms with Crippen molar-refractivity contribution in [3.8, 4) is 0 Å². The Hall–Kier alpha value is -2.17. The molecule has 0 radical (unpaired) electrons. The molecule has 0 saturated carbocycles. The highest BCUT2D eigenvalue weighted by atomic mass is 19.1. The van der Waals surface area contributed by atoms with Crippen LogP contribution in [0.3, 0.4) is 0 Å². The molecule has 0 bridgehead atoms. The first-order valence-electron chi connectivity index (χ1n) is 5.58. The van der Waals surface area contributed by atoms with Crippen LogP contribution in [-0.4, -0.2) is 23.0 Å². The van der Waals surface area contributed by atoms with Gasteiger partial charge in [-0.15, -0.1) is 0 Å². The van der Waals surface area contributed by atoms with Gasteiger partial charge in [0, 0.05) is 17.8 Å². The van der Waals surface area contributed by atoms with Crippen LogP contribution in [0.4, 0.5) is 4.39 Å². The predicted octanol–water partition coefficient (Wildman–Crippen LogP) is 2.05. The smallest absolute Gasteiger partial charge is 0.293 e.